The number of nitrogens with one attached hydrogen (secondary N) is 2. The Hall–Kier alpha value is -2.06. The number of aromatic nitrogens is 3. The maximum absolute atomic E-state index is 11.9. The molecule has 2 amide bonds. The Morgan fingerprint density at radius 2 is 1.88 bits per heavy atom. The lowest BCUT2D eigenvalue weighted by atomic mass is 10.2. The molecule has 25 heavy (non-hydrogen) atoms. The fraction of sp³-hybridized carbons (Fsp3) is 0.375. The van der Waals surface area contributed by atoms with Crippen LogP contribution in [-0.2, 0) is 17.8 Å². The van der Waals surface area contributed by atoms with Crippen LogP contribution in [0.2, 0.25) is 5.02 Å². The van der Waals surface area contributed by atoms with Gasteiger partial charge in [0.05, 0.1) is 5.75 Å². The standard InChI is InChI=1S/C16H20ClN5O2S/c1-3-5-13-18-21-16(22(13)4-2)25-10-14(23)19-20-15(24)11-6-8-12(17)9-7-11/h6-9H,3-5,10H2,1-2H3,(H,19,23)(H,20,24). The Labute approximate surface area is 155 Å². The summed E-state index contributed by atoms with van der Waals surface area (Å²) in [6, 6.07) is 6.38. The Bertz CT molecular complexity index is 733. The zero-order valence-electron chi connectivity index (χ0n) is 14.1. The number of benzene rings is 1. The third-order valence-corrected chi connectivity index (χ3v) is 4.56. The molecule has 1 aromatic heterocycles. The molecule has 0 atom stereocenters. The van der Waals surface area contributed by atoms with E-state index in [9.17, 15) is 9.59 Å². The molecular formula is C16H20ClN5O2S. The number of hydrazine groups is 1. The molecule has 7 nitrogen and oxygen atoms in total. The molecule has 0 saturated carbocycles. The predicted octanol–water partition coefficient (Wildman–Crippen LogP) is 2.46. The number of rotatable bonds is 7. The largest absolute Gasteiger partial charge is 0.306 e. The fourth-order valence-corrected chi connectivity index (χ4v) is 3.07. The highest BCUT2D eigenvalue weighted by Gasteiger charge is 2.13. The van der Waals surface area contributed by atoms with Gasteiger partial charge in [0.1, 0.15) is 5.82 Å². The van der Waals surface area contributed by atoms with Gasteiger partial charge in [-0.25, -0.2) is 0 Å². The molecule has 0 bridgehead atoms. The number of hydrogen-bond acceptors (Lipinski definition) is 5. The summed E-state index contributed by atoms with van der Waals surface area (Å²) < 4.78 is 1.99. The van der Waals surface area contributed by atoms with Gasteiger partial charge in [0.2, 0.25) is 5.91 Å². The van der Waals surface area contributed by atoms with Crippen LogP contribution in [0.3, 0.4) is 0 Å². The van der Waals surface area contributed by atoms with Crippen molar-refractivity contribution in [2.75, 3.05) is 5.75 Å². The first-order valence-electron chi connectivity index (χ1n) is 7.94. The van der Waals surface area contributed by atoms with Crippen molar-refractivity contribution in [1.29, 1.82) is 0 Å². The lowest BCUT2D eigenvalue weighted by Gasteiger charge is -2.08. The molecule has 9 heteroatoms. The lowest BCUT2D eigenvalue weighted by Crippen LogP contribution is -2.42. The second-order valence-corrected chi connectivity index (χ2v) is 6.57. The monoisotopic (exact) mass is 381 g/mol. The highest BCUT2D eigenvalue weighted by molar-refractivity contribution is 7.99. The minimum Gasteiger partial charge on any atom is -0.306 e. The quantitative estimate of drug-likeness (QED) is 0.568. The number of amides is 2. The second-order valence-electron chi connectivity index (χ2n) is 5.19. The summed E-state index contributed by atoms with van der Waals surface area (Å²) in [6.45, 7) is 4.84. The molecule has 2 aromatic rings. The van der Waals surface area contributed by atoms with Gasteiger partial charge in [-0.05, 0) is 37.6 Å². The molecule has 0 fully saturated rings. The molecule has 1 heterocycles. The van der Waals surface area contributed by atoms with Crippen LogP contribution in [0.1, 0.15) is 36.5 Å². The van der Waals surface area contributed by atoms with Gasteiger partial charge in [-0.3, -0.25) is 20.4 Å². The number of nitrogens with zero attached hydrogens (tertiary/aromatic N) is 3. The van der Waals surface area contributed by atoms with Crippen LogP contribution < -0.4 is 10.9 Å². The van der Waals surface area contributed by atoms with E-state index in [0.717, 1.165) is 25.2 Å². The number of aryl methyl sites for hydroxylation is 1. The minimum absolute atomic E-state index is 0.130. The minimum atomic E-state index is -0.406. The Balaban J connectivity index is 1.83. The van der Waals surface area contributed by atoms with E-state index in [0.29, 0.717) is 15.7 Å². The van der Waals surface area contributed by atoms with E-state index in [1.54, 1.807) is 24.3 Å². The smallest absolute Gasteiger partial charge is 0.269 e. The maximum atomic E-state index is 11.9. The molecule has 0 radical (unpaired) electrons. The van der Waals surface area contributed by atoms with E-state index in [2.05, 4.69) is 28.0 Å². The van der Waals surface area contributed by atoms with E-state index in [1.807, 2.05) is 11.5 Å². The third-order valence-electron chi connectivity index (χ3n) is 3.34. The normalized spacial score (nSPS) is 10.5. The number of carbonyl (C=O) groups is 2. The summed E-state index contributed by atoms with van der Waals surface area (Å²) in [5, 5.41) is 9.52. The summed E-state index contributed by atoms with van der Waals surface area (Å²) in [7, 11) is 0. The highest BCUT2D eigenvalue weighted by atomic mass is 35.5. The molecule has 1 aromatic carbocycles. The van der Waals surface area contributed by atoms with Crippen LogP contribution in [0.15, 0.2) is 29.4 Å². The van der Waals surface area contributed by atoms with Crippen molar-refractivity contribution in [3.05, 3.63) is 40.7 Å². The van der Waals surface area contributed by atoms with E-state index in [4.69, 9.17) is 11.6 Å². The summed E-state index contributed by atoms with van der Waals surface area (Å²) in [5.41, 5.74) is 5.17. The SMILES string of the molecule is CCCc1nnc(SCC(=O)NNC(=O)c2ccc(Cl)cc2)n1CC. The van der Waals surface area contributed by atoms with Crippen LogP contribution in [-0.4, -0.2) is 32.3 Å². The number of hydrogen-bond donors (Lipinski definition) is 2. The molecule has 0 aliphatic carbocycles. The van der Waals surface area contributed by atoms with Crippen LogP contribution in [0.4, 0.5) is 0 Å². The molecule has 134 valence electrons. The van der Waals surface area contributed by atoms with Gasteiger partial charge in [-0.1, -0.05) is 30.3 Å². The fourth-order valence-electron chi connectivity index (χ4n) is 2.12. The maximum Gasteiger partial charge on any atom is 0.269 e. The molecular weight excluding hydrogens is 362 g/mol. The second kappa shape index (κ2) is 9.43. The molecule has 0 aliphatic heterocycles. The molecule has 2 rings (SSSR count). The first kappa shape index (κ1) is 19.3. The summed E-state index contributed by atoms with van der Waals surface area (Å²) in [4.78, 5) is 23.8. The van der Waals surface area contributed by atoms with Crippen molar-refractivity contribution >= 4 is 35.2 Å². The molecule has 0 aliphatic rings. The van der Waals surface area contributed by atoms with E-state index >= 15 is 0 Å². The van der Waals surface area contributed by atoms with Crippen molar-refractivity contribution in [3.63, 3.8) is 0 Å². The first-order chi connectivity index (χ1) is 12.0. The number of halogens is 1. The molecule has 2 N–H and O–H groups in total. The van der Waals surface area contributed by atoms with Gasteiger partial charge in [-0.2, -0.15) is 0 Å². The van der Waals surface area contributed by atoms with Crippen LogP contribution in [0.25, 0.3) is 0 Å². The van der Waals surface area contributed by atoms with Crippen molar-refractivity contribution in [1.82, 2.24) is 25.6 Å². The van der Waals surface area contributed by atoms with Gasteiger partial charge in [-0.15, -0.1) is 10.2 Å². The number of carbonyl (C=O) groups excluding carboxylic acids is 2. The summed E-state index contributed by atoms with van der Waals surface area (Å²) in [6.07, 6.45) is 1.84. The van der Waals surface area contributed by atoms with Crippen LogP contribution >= 0.6 is 23.4 Å². The summed E-state index contributed by atoms with van der Waals surface area (Å²) in [5.74, 6) is 0.321. The van der Waals surface area contributed by atoms with E-state index in [1.165, 1.54) is 11.8 Å². The van der Waals surface area contributed by atoms with E-state index < -0.39 is 5.91 Å². The molecule has 0 unspecified atom stereocenters. The first-order valence-corrected chi connectivity index (χ1v) is 9.31. The number of thioether (sulfide) groups is 1. The van der Waals surface area contributed by atoms with Crippen molar-refractivity contribution in [2.45, 2.75) is 38.4 Å². The summed E-state index contributed by atoms with van der Waals surface area (Å²) >= 11 is 7.06. The van der Waals surface area contributed by atoms with E-state index in [-0.39, 0.29) is 11.7 Å². The Morgan fingerprint density at radius 1 is 1.16 bits per heavy atom. The van der Waals surface area contributed by atoms with Crippen molar-refractivity contribution < 1.29 is 9.59 Å². The van der Waals surface area contributed by atoms with Gasteiger partial charge in [0, 0.05) is 23.6 Å². The van der Waals surface area contributed by atoms with Crippen LogP contribution in [0, 0.1) is 0 Å². The molecule has 0 spiro atoms. The lowest BCUT2D eigenvalue weighted by molar-refractivity contribution is -0.119. The van der Waals surface area contributed by atoms with Crippen molar-refractivity contribution in [3.8, 4) is 0 Å². The zero-order valence-corrected chi connectivity index (χ0v) is 15.7. The average Bonchev–Trinajstić information content (AvgIpc) is 3.00. The Kier molecular flexibility index (Phi) is 7.27. The van der Waals surface area contributed by atoms with Gasteiger partial charge >= 0.3 is 0 Å². The van der Waals surface area contributed by atoms with Gasteiger partial charge < -0.3 is 4.57 Å². The van der Waals surface area contributed by atoms with Crippen LogP contribution in [0.5, 0.6) is 0 Å². The van der Waals surface area contributed by atoms with Crippen molar-refractivity contribution in [2.24, 2.45) is 0 Å². The predicted molar refractivity (Wildman–Crippen MR) is 97.5 cm³/mol. The van der Waals surface area contributed by atoms with Gasteiger partial charge in [0.15, 0.2) is 5.16 Å². The Morgan fingerprint density at radius 3 is 2.52 bits per heavy atom. The highest BCUT2D eigenvalue weighted by Crippen LogP contribution is 2.17. The topological polar surface area (TPSA) is 88.9 Å². The zero-order chi connectivity index (χ0) is 18.2. The molecule has 0 saturated heterocycles. The average molecular weight is 382 g/mol. The third kappa shape index (κ3) is 5.47. The van der Waals surface area contributed by atoms with Gasteiger partial charge in [0.25, 0.3) is 5.91 Å².